The smallest absolute Gasteiger partial charge is 0.341 e. The van der Waals surface area contributed by atoms with E-state index in [4.69, 9.17) is 4.74 Å². The molecule has 116 valence electrons. The van der Waals surface area contributed by atoms with E-state index in [0.29, 0.717) is 11.8 Å². The fraction of sp³-hybridized carbons (Fsp3) is 0.533. The van der Waals surface area contributed by atoms with Crippen molar-refractivity contribution in [2.75, 3.05) is 14.2 Å². The van der Waals surface area contributed by atoms with Crippen LogP contribution in [0.1, 0.15) is 39.7 Å². The molecule has 7 heteroatoms. The number of pyridine rings is 1. The van der Waals surface area contributed by atoms with Crippen LogP contribution in [-0.2, 0) is 0 Å². The quantitative estimate of drug-likeness (QED) is 0.864. The van der Waals surface area contributed by atoms with Crippen LogP contribution in [0.4, 0.5) is 0 Å². The molecule has 1 amide bonds. The number of carboxylic acids is 1. The predicted molar refractivity (Wildman–Crippen MR) is 75.3 cm³/mol. The third kappa shape index (κ3) is 1.48. The van der Waals surface area contributed by atoms with Crippen LogP contribution in [0, 0.1) is 11.8 Å². The van der Waals surface area contributed by atoms with Gasteiger partial charge >= 0.3 is 5.97 Å². The minimum Gasteiger partial charge on any atom is -0.491 e. The van der Waals surface area contributed by atoms with Crippen LogP contribution in [0.3, 0.4) is 0 Å². The second-order valence-electron chi connectivity index (χ2n) is 6.34. The van der Waals surface area contributed by atoms with Gasteiger partial charge in [-0.1, -0.05) is 0 Å². The number of methoxy groups -OCH3 is 1. The molecule has 1 N–H and O–H groups in total. The summed E-state index contributed by atoms with van der Waals surface area (Å²) in [5.41, 5.74) is -0.915. The molecule has 0 bridgehead atoms. The Balaban J connectivity index is 2.02. The highest BCUT2D eigenvalue weighted by atomic mass is 16.5. The summed E-state index contributed by atoms with van der Waals surface area (Å²) in [5, 5.41) is 9.26. The van der Waals surface area contributed by atoms with Gasteiger partial charge in [0.15, 0.2) is 11.4 Å². The molecule has 1 aliphatic heterocycles. The largest absolute Gasteiger partial charge is 0.491 e. The molecule has 1 aromatic heterocycles. The minimum atomic E-state index is -1.30. The molecule has 4 atom stereocenters. The van der Waals surface area contributed by atoms with Crippen molar-refractivity contribution in [3.63, 3.8) is 0 Å². The number of hydrogen-bond acceptors (Lipinski definition) is 4. The summed E-state index contributed by atoms with van der Waals surface area (Å²) < 4.78 is 6.79. The first-order valence-corrected chi connectivity index (χ1v) is 7.29. The normalized spacial score (nSPS) is 31.4. The Hall–Kier alpha value is -2.31. The van der Waals surface area contributed by atoms with Gasteiger partial charge in [0.25, 0.3) is 5.91 Å². The molecule has 0 aromatic carbocycles. The van der Waals surface area contributed by atoms with Crippen LogP contribution in [0.25, 0.3) is 0 Å². The van der Waals surface area contributed by atoms with E-state index in [9.17, 15) is 19.5 Å². The molecule has 3 aliphatic rings. The Morgan fingerprint density at radius 2 is 2.09 bits per heavy atom. The summed E-state index contributed by atoms with van der Waals surface area (Å²) in [4.78, 5) is 37.9. The van der Waals surface area contributed by atoms with Crippen LogP contribution < -0.4 is 10.2 Å². The van der Waals surface area contributed by atoms with Gasteiger partial charge in [-0.2, -0.15) is 0 Å². The number of aromatic nitrogens is 1. The van der Waals surface area contributed by atoms with E-state index in [-0.39, 0.29) is 35.0 Å². The lowest BCUT2D eigenvalue weighted by molar-refractivity contribution is 0.0582. The fourth-order valence-electron chi connectivity index (χ4n) is 4.19. The zero-order valence-electron chi connectivity index (χ0n) is 12.3. The van der Waals surface area contributed by atoms with Crippen molar-refractivity contribution in [1.29, 1.82) is 0 Å². The van der Waals surface area contributed by atoms with Crippen LogP contribution >= 0.6 is 0 Å². The lowest BCUT2D eigenvalue weighted by Gasteiger charge is -2.40. The number of fused-ring (bicyclic) bond motifs is 5. The lowest BCUT2D eigenvalue weighted by atomic mass is 9.99. The Morgan fingerprint density at radius 3 is 2.73 bits per heavy atom. The van der Waals surface area contributed by atoms with Gasteiger partial charge in [-0.05, 0) is 24.7 Å². The molecule has 0 unspecified atom stereocenters. The first kappa shape index (κ1) is 13.4. The third-order valence-corrected chi connectivity index (χ3v) is 5.32. The maximum absolute atomic E-state index is 12.6. The van der Waals surface area contributed by atoms with Crippen molar-refractivity contribution in [3.05, 3.63) is 27.7 Å². The first-order chi connectivity index (χ1) is 10.5. The van der Waals surface area contributed by atoms with Gasteiger partial charge in [-0.25, -0.2) is 4.79 Å². The molecule has 1 aromatic rings. The summed E-state index contributed by atoms with van der Waals surface area (Å²) in [6.45, 7) is 0. The number of hydrogen-bond donors (Lipinski definition) is 1. The molecule has 4 rings (SSSR count). The predicted octanol–water partition coefficient (Wildman–Crippen LogP) is 0.590. The number of amides is 1. The van der Waals surface area contributed by atoms with Gasteiger partial charge in [0, 0.05) is 13.2 Å². The number of carbonyl (C=O) groups is 2. The van der Waals surface area contributed by atoms with Gasteiger partial charge in [0.2, 0.25) is 5.43 Å². The number of rotatable bonds is 2. The molecule has 2 saturated carbocycles. The Labute approximate surface area is 126 Å². The van der Waals surface area contributed by atoms with Gasteiger partial charge in [0.1, 0.15) is 5.56 Å². The monoisotopic (exact) mass is 304 g/mol. The van der Waals surface area contributed by atoms with Crippen LogP contribution in [0.5, 0.6) is 5.75 Å². The highest BCUT2D eigenvalue weighted by Gasteiger charge is 2.58. The molecule has 2 fully saturated rings. The molecule has 0 saturated heterocycles. The summed E-state index contributed by atoms with van der Waals surface area (Å²) >= 11 is 0. The van der Waals surface area contributed by atoms with E-state index in [1.807, 2.05) is 0 Å². The molecular formula is C15H16N2O5. The molecular weight excluding hydrogens is 288 g/mol. The van der Waals surface area contributed by atoms with Crippen molar-refractivity contribution < 1.29 is 19.4 Å². The van der Waals surface area contributed by atoms with Gasteiger partial charge in [0.05, 0.1) is 19.2 Å². The summed E-state index contributed by atoms with van der Waals surface area (Å²) in [5.74, 6) is -0.706. The number of nitrogens with zero attached hydrogens (tertiary/aromatic N) is 2. The van der Waals surface area contributed by atoms with Gasteiger partial charge < -0.3 is 19.3 Å². The topological polar surface area (TPSA) is 88.8 Å². The SMILES string of the molecule is COc1c2n(cc(C(=O)O)c1=O)[C@H]1[C@@H]3C[C@@H]3C[C@H]1N(C)C2=O. The van der Waals surface area contributed by atoms with Crippen molar-refractivity contribution in [2.45, 2.75) is 24.9 Å². The van der Waals surface area contributed by atoms with E-state index in [0.717, 1.165) is 12.8 Å². The van der Waals surface area contributed by atoms with E-state index in [1.54, 1.807) is 16.5 Å². The number of carboxylic acid groups (broad SMARTS) is 1. The molecule has 0 spiro atoms. The van der Waals surface area contributed by atoms with Crippen LogP contribution in [0.15, 0.2) is 11.0 Å². The van der Waals surface area contributed by atoms with Crippen molar-refractivity contribution in [2.24, 2.45) is 11.8 Å². The second-order valence-corrected chi connectivity index (χ2v) is 6.34. The maximum Gasteiger partial charge on any atom is 0.341 e. The summed E-state index contributed by atoms with van der Waals surface area (Å²) in [6, 6.07) is 0.105. The van der Waals surface area contributed by atoms with Gasteiger partial charge in [-0.15, -0.1) is 0 Å². The number of carbonyl (C=O) groups excluding carboxylic acids is 1. The second kappa shape index (κ2) is 4.12. The Bertz CT molecular complexity index is 768. The van der Waals surface area contributed by atoms with Crippen molar-refractivity contribution >= 4 is 11.9 Å². The fourth-order valence-corrected chi connectivity index (χ4v) is 4.19. The summed E-state index contributed by atoms with van der Waals surface area (Å²) in [6.07, 6.45) is 3.36. The van der Waals surface area contributed by atoms with Crippen molar-refractivity contribution in [1.82, 2.24) is 9.47 Å². The number of aromatic carboxylic acids is 1. The highest BCUT2D eigenvalue weighted by Crippen LogP contribution is 2.60. The molecule has 22 heavy (non-hydrogen) atoms. The van der Waals surface area contributed by atoms with E-state index < -0.39 is 11.4 Å². The Morgan fingerprint density at radius 1 is 1.36 bits per heavy atom. The maximum atomic E-state index is 12.6. The highest BCUT2D eigenvalue weighted by molar-refractivity contribution is 5.98. The standard InChI is InChI=1S/C15H16N2O5/c1-16-9-4-6-3-7(6)10(9)17-5-8(15(20)21)12(18)13(22-2)11(17)14(16)19/h5-7,9-10H,3-4H2,1-2H3,(H,20,21)/t6-,7-,9-,10+/m1/s1. The van der Waals surface area contributed by atoms with Crippen LogP contribution in [0.2, 0.25) is 0 Å². The third-order valence-electron chi connectivity index (χ3n) is 5.32. The number of likely N-dealkylation sites (N-methyl/N-ethyl adjacent to an activating group) is 1. The number of ether oxygens (including phenoxy) is 1. The van der Waals surface area contributed by atoms with E-state index in [2.05, 4.69) is 0 Å². The average Bonchev–Trinajstić information content (AvgIpc) is 3.15. The molecule has 7 nitrogen and oxygen atoms in total. The first-order valence-electron chi connectivity index (χ1n) is 7.29. The van der Waals surface area contributed by atoms with Crippen LogP contribution in [-0.4, -0.2) is 46.6 Å². The summed E-state index contributed by atoms with van der Waals surface area (Å²) in [7, 11) is 3.03. The molecule has 2 heterocycles. The zero-order chi connectivity index (χ0) is 15.8. The average molecular weight is 304 g/mol. The van der Waals surface area contributed by atoms with Gasteiger partial charge in [-0.3, -0.25) is 9.59 Å². The Kier molecular flexibility index (Phi) is 2.50. The van der Waals surface area contributed by atoms with Crippen molar-refractivity contribution in [3.8, 4) is 5.75 Å². The van der Waals surface area contributed by atoms with E-state index >= 15 is 0 Å². The molecule has 2 aliphatic carbocycles. The molecule has 0 radical (unpaired) electrons. The lowest BCUT2D eigenvalue weighted by Crippen LogP contribution is -2.49. The van der Waals surface area contributed by atoms with E-state index in [1.165, 1.54) is 13.3 Å². The zero-order valence-corrected chi connectivity index (χ0v) is 12.3. The minimum absolute atomic E-state index is 0.0373.